The number of nitriles is 1. The minimum absolute atomic E-state index is 0.0838. The Morgan fingerprint density at radius 2 is 1.82 bits per heavy atom. The fourth-order valence-electron chi connectivity index (χ4n) is 2.44. The Bertz CT molecular complexity index is 1060. The topological polar surface area (TPSA) is 94.9 Å². The number of rotatable bonds is 5. The van der Waals surface area contributed by atoms with Gasteiger partial charge in [0.2, 0.25) is 0 Å². The first-order valence-corrected chi connectivity index (χ1v) is 8.35. The molecule has 0 radical (unpaired) electrons. The van der Waals surface area contributed by atoms with Crippen molar-refractivity contribution in [3.8, 4) is 6.07 Å². The lowest BCUT2D eigenvalue weighted by molar-refractivity contribution is 0.0946. The molecule has 0 aliphatic rings. The van der Waals surface area contributed by atoms with E-state index in [2.05, 4.69) is 15.6 Å². The lowest BCUT2D eigenvalue weighted by Gasteiger charge is -2.08. The Morgan fingerprint density at radius 3 is 2.57 bits per heavy atom. The number of carbonyl (C=O) groups excluding carboxylic acids is 2. The van der Waals surface area contributed by atoms with E-state index in [-0.39, 0.29) is 23.6 Å². The average Bonchev–Trinajstić information content (AvgIpc) is 2.73. The van der Waals surface area contributed by atoms with Crippen LogP contribution >= 0.6 is 0 Å². The first-order chi connectivity index (χ1) is 13.5. The van der Waals surface area contributed by atoms with Gasteiger partial charge in [0.05, 0.1) is 11.6 Å². The van der Waals surface area contributed by atoms with E-state index in [1.807, 2.05) is 6.07 Å². The summed E-state index contributed by atoms with van der Waals surface area (Å²) < 4.78 is 12.9. The number of aromatic nitrogens is 1. The van der Waals surface area contributed by atoms with Gasteiger partial charge >= 0.3 is 0 Å². The van der Waals surface area contributed by atoms with Crippen LogP contribution in [0.25, 0.3) is 0 Å². The Morgan fingerprint density at radius 1 is 1.04 bits per heavy atom. The summed E-state index contributed by atoms with van der Waals surface area (Å²) in [6.07, 6.45) is 1.37. The highest BCUT2D eigenvalue weighted by Gasteiger charge is 2.12. The maximum Gasteiger partial charge on any atom is 0.270 e. The van der Waals surface area contributed by atoms with E-state index < -0.39 is 11.8 Å². The van der Waals surface area contributed by atoms with Crippen LogP contribution in [0.5, 0.6) is 0 Å². The van der Waals surface area contributed by atoms with Gasteiger partial charge in [0, 0.05) is 24.0 Å². The number of carbonyl (C=O) groups is 2. The SMILES string of the molecule is N#Cc1cccc(NC(=O)c2ccnc(C(=O)NCc3ccc(F)cc3)c2)c1. The van der Waals surface area contributed by atoms with Gasteiger partial charge in [0.15, 0.2) is 0 Å². The highest BCUT2D eigenvalue weighted by atomic mass is 19.1. The van der Waals surface area contributed by atoms with E-state index in [1.54, 1.807) is 36.4 Å². The van der Waals surface area contributed by atoms with E-state index in [9.17, 15) is 14.0 Å². The van der Waals surface area contributed by atoms with Crippen LogP contribution in [-0.2, 0) is 6.54 Å². The van der Waals surface area contributed by atoms with Crippen LogP contribution in [0.4, 0.5) is 10.1 Å². The minimum atomic E-state index is -0.453. The standard InChI is InChI=1S/C21H15FN4O2/c22-17-6-4-14(5-7-17)13-25-21(28)19-11-16(8-9-24-19)20(27)26-18-3-1-2-15(10-18)12-23/h1-11H,13H2,(H,25,28)(H,26,27). The molecule has 1 heterocycles. The van der Waals surface area contributed by atoms with E-state index in [4.69, 9.17) is 5.26 Å². The molecule has 7 heteroatoms. The van der Waals surface area contributed by atoms with Crippen LogP contribution in [0.15, 0.2) is 66.9 Å². The second-order valence-corrected chi connectivity index (χ2v) is 5.89. The van der Waals surface area contributed by atoms with Crippen molar-refractivity contribution in [1.82, 2.24) is 10.3 Å². The zero-order chi connectivity index (χ0) is 19.9. The fraction of sp³-hybridized carbons (Fsp3) is 0.0476. The summed E-state index contributed by atoms with van der Waals surface area (Å²) in [5.41, 5.74) is 1.97. The van der Waals surface area contributed by atoms with Crippen molar-refractivity contribution in [3.05, 3.63) is 95.1 Å². The molecule has 0 unspecified atom stereocenters. The van der Waals surface area contributed by atoms with Gasteiger partial charge in [-0.15, -0.1) is 0 Å². The molecular formula is C21H15FN4O2. The molecule has 1 aromatic heterocycles. The molecule has 0 spiro atoms. The van der Waals surface area contributed by atoms with Gasteiger partial charge in [0.25, 0.3) is 11.8 Å². The molecule has 2 N–H and O–H groups in total. The van der Waals surface area contributed by atoms with Crippen LogP contribution in [0, 0.1) is 17.1 Å². The summed E-state index contributed by atoms with van der Waals surface area (Å²) in [5.74, 6) is -1.23. The molecule has 3 aromatic rings. The largest absolute Gasteiger partial charge is 0.347 e. The zero-order valence-electron chi connectivity index (χ0n) is 14.6. The van der Waals surface area contributed by atoms with Crippen molar-refractivity contribution in [1.29, 1.82) is 5.26 Å². The number of hydrogen-bond donors (Lipinski definition) is 2. The predicted molar refractivity (Wildman–Crippen MR) is 101 cm³/mol. The summed E-state index contributed by atoms with van der Waals surface area (Å²) in [7, 11) is 0. The van der Waals surface area contributed by atoms with Crippen molar-refractivity contribution < 1.29 is 14.0 Å². The molecule has 2 amide bonds. The van der Waals surface area contributed by atoms with Gasteiger partial charge in [-0.1, -0.05) is 18.2 Å². The Labute approximate surface area is 160 Å². The lowest BCUT2D eigenvalue weighted by Crippen LogP contribution is -2.24. The maximum atomic E-state index is 12.9. The zero-order valence-corrected chi connectivity index (χ0v) is 14.6. The number of hydrogen-bond acceptors (Lipinski definition) is 4. The molecule has 138 valence electrons. The molecule has 0 fully saturated rings. The van der Waals surface area contributed by atoms with Crippen LogP contribution in [0.3, 0.4) is 0 Å². The van der Waals surface area contributed by atoms with E-state index in [0.717, 1.165) is 5.56 Å². The third-order valence-corrected chi connectivity index (χ3v) is 3.87. The summed E-state index contributed by atoms with van der Waals surface area (Å²) in [5, 5.41) is 14.3. The number of amides is 2. The van der Waals surface area contributed by atoms with E-state index in [1.165, 1.54) is 30.5 Å². The fourth-order valence-corrected chi connectivity index (χ4v) is 2.44. The van der Waals surface area contributed by atoms with Crippen molar-refractivity contribution >= 4 is 17.5 Å². The number of nitrogens with zero attached hydrogens (tertiary/aromatic N) is 2. The summed E-state index contributed by atoms with van der Waals surface area (Å²) in [6.45, 7) is 0.207. The highest BCUT2D eigenvalue weighted by Crippen LogP contribution is 2.12. The van der Waals surface area contributed by atoms with Crippen LogP contribution < -0.4 is 10.6 Å². The quantitative estimate of drug-likeness (QED) is 0.716. The average molecular weight is 374 g/mol. The molecule has 0 saturated heterocycles. The molecule has 0 aliphatic heterocycles. The molecule has 0 aliphatic carbocycles. The number of pyridine rings is 1. The molecule has 2 aromatic carbocycles. The number of nitrogens with one attached hydrogen (secondary N) is 2. The molecular weight excluding hydrogens is 359 g/mol. The first-order valence-electron chi connectivity index (χ1n) is 8.35. The lowest BCUT2D eigenvalue weighted by atomic mass is 10.1. The number of benzene rings is 2. The van der Waals surface area contributed by atoms with E-state index >= 15 is 0 Å². The second-order valence-electron chi connectivity index (χ2n) is 5.89. The maximum absolute atomic E-state index is 12.9. The predicted octanol–water partition coefficient (Wildman–Crippen LogP) is 3.27. The second kappa shape index (κ2) is 8.56. The van der Waals surface area contributed by atoms with Gasteiger partial charge < -0.3 is 10.6 Å². The van der Waals surface area contributed by atoms with Gasteiger partial charge in [-0.3, -0.25) is 14.6 Å². The Kier molecular flexibility index (Phi) is 5.72. The molecule has 3 rings (SSSR count). The number of anilines is 1. The normalized spacial score (nSPS) is 10.0. The van der Waals surface area contributed by atoms with Crippen molar-refractivity contribution in [3.63, 3.8) is 0 Å². The Hall–Kier alpha value is -4.05. The van der Waals surface area contributed by atoms with Crippen molar-refractivity contribution in [2.24, 2.45) is 0 Å². The van der Waals surface area contributed by atoms with Crippen molar-refractivity contribution in [2.75, 3.05) is 5.32 Å². The highest BCUT2D eigenvalue weighted by molar-refractivity contribution is 6.05. The third kappa shape index (κ3) is 4.77. The van der Waals surface area contributed by atoms with Gasteiger partial charge in [-0.2, -0.15) is 5.26 Å². The molecule has 6 nitrogen and oxygen atoms in total. The first kappa shape index (κ1) is 18.7. The molecule has 28 heavy (non-hydrogen) atoms. The van der Waals surface area contributed by atoms with Gasteiger partial charge in [-0.05, 0) is 48.0 Å². The van der Waals surface area contributed by atoms with Gasteiger partial charge in [0.1, 0.15) is 11.5 Å². The van der Waals surface area contributed by atoms with Crippen molar-refractivity contribution in [2.45, 2.75) is 6.54 Å². The van der Waals surface area contributed by atoms with E-state index in [0.29, 0.717) is 11.3 Å². The summed E-state index contributed by atoms with van der Waals surface area (Å²) in [6, 6.07) is 17.1. The van der Waals surface area contributed by atoms with Gasteiger partial charge in [-0.25, -0.2) is 4.39 Å². The van der Waals surface area contributed by atoms with Crippen LogP contribution in [0.2, 0.25) is 0 Å². The molecule has 0 bridgehead atoms. The molecule has 0 atom stereocenters. The molecule has 0 saturated carbocycles. The van der Waals surface area contributed by atoms with Crippen LogP contribution in [0.1, 0.15) is 32.0 Å². The number of halogens is 1. The minimum Gasteiger partial charge on any atom is -0.347 e. The Balaban J connectivity index is 1.66. The van der Waals surface area contributed by atoms with Crippen LogP contribution in [-0.4, -0.2) is 16.8 Å². The summed E-state index contributed by atoms with van der Waals surface area (Å²) in [4.78, 5) is 28.7. The monoisotopic (exact) mass is 374 g/mol. The summed E-state index contributed by atoms with van der Waals surface area (Å²) >= 11 is 0. The smallest absolute Gasteiger partial charge is 0.270 e. The third-order valence-electron chi connectivity index (χ3n) is 3.87.